The fourth-order valence-electron chi connectivity index (χ4n) is 1.32. The minimum atomic E-state index is 0.184. The lowest BCUT2D eigenvalue weighted by Crippen LogP contribution is -1.96. The van der Waals surface area contributed by atoms with Gasteiger partial charge in [0.25, 0.3) is 0 Å². The van der Waals surface area contributed by atoms with Gasteiger partial charge in [0.15, 0.2) is 0 Å². The number of anilines is 1. The first-order valence-electron chi connectivity index (χ1n) is 5.03. The molecule has 0 aliphatic carbocycles. The fraction of sp³-hybridized carbons (Fsp3) is 0.0833. The molecule has 1 aromatic carbocycles. The van der Waals surface area contributed by atoms with Crippen molar-refractivity contribution in [2.75, 3.05) is 5.73 Å². The molecule has 0 bridgehead atoms. The monoisotopic (exact) mass is 346 g/mol. The number of nitrogens with two attached hydrogens (primary N) is 1. The summed E-state index contributed by atoms with van der Waals surface area (Å²) in [7, 11) is 0. The van der Waals surface area contributed by atoms with Gasteiger partial charge in [-0.2, -0.15) is 4.98 Å². The smallest absolute Gasteiger partial charge is 0.240 e. The number of aryl methyl sites for hydroxylation is 1. The predicted molar refractivity (Wildman–Crippen MR) is 77.6 cm³/mol. The van der Waals surface area contributed by atoms with E-state index >= 15 is 0 Å². The van der Waals surface area contributed by atoms with Crippen molar-refractivity contribution in [1.29, 1.82) is 0 Å². The molecule has 3 nitrogen and oxygen atoms in total. The van der Waals surface area contributed by atoms with Crippen molar-refractivity contribution in [3.63, 3.8) is 0 Å². The second-order valence-electron chi connectivity index (χ2n) is 3.65. The topological polar surface area (TPSA) is 48.1 Å². The van der Waals surface area contributed by atoms with E-state index in [4.69, 9.17) is 33.7 Å². The van der Waals surface area contributed by atoms with Crippen molar-refractivity contribution >= 4 is 44.9 Å². The van der Waals surface area contributed by atoms with Crippen molar-refractivity contribution in [2.45, 2.75) is 6.92 Å². The molecule has 0 amide bonds. The lowest BCUT2D eigenvalue weighted by atomic mass is 10.2. The zero-order valence-corrected chi connectivity index (χ0v) is 12.5. The number of nitrogens with zero attached hydrogens (tertiary/aromatic N) is 1. The standard InChI is InChI=1S/C12H9BrCl2N2O/c1-6-2-3-7(13)4-10(6)18-12-9(15)5-8(14)11(16)17-12/h2-5H,1H3,(H2,16,17). The SMILES string of the molecule is Cc1ccc(Br)cc1Oc1nc(N)c(Cl)cc1Cl. The number of pyridine rings is 1. The molecule has 1 heterocycles. The number of ether oxygens (including phenoxy) is 1. The number of rotatable bonds is 2. The molecule has 94 valence electrons. The molecule has 0 aliphatic rings. The quantitative estimate of drug-likeness (QED) is 0.845. The molecule has 1 aromatic heterocycles. The average Bonchev–Trinajstić information content (AvgIpc) is 2.30. The molecule has 0 spiro atoms. The highest BCUT2D eigenvalue weighted by Crippen LogP contribution is 2.34. The van der Waals surface area contributed by atoms with E-state index in [1.807, 2.05) is 25.1 Å². The van der Waals surface area contributed by atoms with Crippen LogP contribution in [0.4, 0.5) is 5.82 Å². The molecule has 0 saturated carbocycles. The normalized spacial score (nSPS) is 10.4. The van der Waals surface area contributed by atoms with Crippen LogP contribution in [0.3, 0.4) is 0 Å². The minimum absolute atomic E-state index is 0.184. The van der Waals surface area contributed by atoms with Crippen molar-refractivity contribution < 1.29 is 4.74 Å². The summed E-state index contributed by atoms with van der Waals surface area (Å²) >= 11 is 15.2. The van der Waals surface area contributed by atoms with Gasteiger partial charge in [0.2, 0.25) is 5.88 Å². The van der Waals surface area contributed by atoms with Gasteiger partial charge in [-0.3, -0.25) is 0 Å². The van der Waals surface area contributed by atoms with Gasteiger partial charge in [-0.15, -0.1) is 0 Å². The summed E-state index contributed by atoms with van der Waals surface area (Å²) in [6, 6.07) is 7.19. The molecule has 0 aliphatic heterocycles. The molecular formula is C12H9BrCl2N2O. The Bertz CT molecular complexity index is 605. The van der Waals surface area contributed by atoms with Gasteiger partial charge in [0.1, 0.15) is 16.6 Å². The van der Waals surface area contributed by atoms with Crippen LogP contribution in [0.2, 0.25) is 10.0 Å². The van der Waals surface area contributed by atoms with E-state index in [2.05, 4.69) is 20.9 Å². The summed E-state index contributed by atoms with van der Waals surface area (Å²) in [5, 5.41) is 0.617. The maximum Gasteiger partial charge on any atom is 0.240 e. The summed E-state index contributed by atoms with van der Waals surface area (Å²) in [6.45, 7) is 1.93. The second-order valence-corrected chi connectivity index (χ2v) is 5.38. The Morgan fingerprint density at radius 3 is 2.67 bits per heavy atom. The Morgan fingerprint density at radius 2 is 1.94 bits per heavy atom. The summed E-state index contributed by atoms with van der Waals surface area (Å²) in [5.41, 5.74) is 6.58. The maximum absolute atomic E-state index is 6.00. The Morgan fingerprint density at radius 1 is 1.22 bits per heavy atom. The van der Waals surface area contributed by atoms with Crippen LogP contribution in [0.1, 0.15) is 5.56 Å². The molecule has 2 N–H and O–H groups in total. The lowest BCUT2D eigenvalue weighted by molar-refractivity contribution is 0.460. The van der Waals surface area contributed by atoms with Crippen LogP contribution in [0.25, 0.3) is 0 Å². The number of aromatic nitrogens is 1. The summed E-state index contributed by atoms with van der Waals surface area (Å²) in [4.78, 5) is 4.01. The molecule has 0 unspecified atom stereocenters. The Kier molecular flexibility index (Phi) is 4.00. The molecule has 18 heavy (non-hydrogen) atoms. The highest BCUT2D eigenvalue weighted by molar-refractivity contribution is 9.10. The Balaban J connectivity index is 2.40. The molecular weight excluding hydrogens is 339 g/mol. The van der Waals surface area contributed by atoms with Crippen LogP contribution >= 0.6 is 39.1 Å². The van der Waals surface area contributed by atoms with Gasteiger partial charge in [-0.1, -0.05) is 45.2 Å². The number of halogens is 3. The Labute approximate surface area is 123 Å². The van der Waals surface area contributed by atoms with E-state index in [1.54, 1.807) is 0 Å². The van der Waals surface area contributed by atoms with Crippen LogP contribution in [-0.2, 0) is 0 Å². The third-order valence-corrected chi connectivity index (χ3v) is 3.35. The Hall–Kier alpha value is -0.970. The first-order valence-corrected chi connectivity index (χ1v) is 6.58. The van der Waals surface area contributed by atoms with Crippen molar-refractivity contribution in [2.24, 2.45) is 0 Å². The highest BCUT2D eigenvalue weighted by Gasteiger charge is 2.11. The predicted octanol–water partition coefficient (Wildman–Crippen LogP) is 4.83. The molecule has 0 saturated heterocycles. The third-order valence-electron chi connectivity index (χ3n) is 2.28. The molecule has 2 aromatic rings. The molecule has 0 atom stereocenters. The lowest BCUT2D eigenvalue weighted by Gasteiger charge is -2.10. The molecule has 6 heteroatoms. The van der Waals surface area contributed by atoms with E-state index in [0.717, 1.165) is 10.0 Å². The van der Waals surface area contributed by atoms with Gasteiger partial charge < -0.3 is 10.5 Å². The van der Waals surface area contributed by atoms with Crippen molar-refractivity contribution in [3.8, 4) is 11.6 Å². The van der Waals surface area contributed by atoms with Crippen LogP contribution < -0.4 is 10.5 Å². The first kappa shape index (κ1) is 13.5. The number of hydrogen-bond acceptors (Lipinski definition) is 3. The number of hydrogen-bond donors (Lipinski definition) is 1. The van der Waals surface area contributed by atoms with Crippen LogP contribution in [0.15, 0.2) is 28.7 Å². The van der Waals surface area contributed by atoms with Crippen LogP contribution in [-0.4, -0.2) is 4.98 Å². The van der Waals surface area contributed by atoms with E-state index in [9.17, 15) is 0 Å². The second kappa shape index (κ2) is 5.34. The zero-order valence-electron chi connectivity index (χ0n) is 9.38. The summed E-state index contributed by atoms with van der Waals surface area (Å²) < 4.78 is 6.55. The third kappa shape index (κ3) is 2.88. The van der Waals surface area contributed by atoms with Crippen molar-refractivity contribution in [3.05, 3.63) is 44.3 Å². The van der Waals surface area contributed by atoms with E-state index in [1.165, 1.54) is 6.07 Å². The molecule has 0 radical (unpaired) electrons. The summed E-state index contributed by atoms with van der Waals surface area (Å²) in [5.74, 6) is 1.07. The zero-order chi connectivity index (χ0) is 13.3. The van der Waals surface area contributed by atoms with Gasteiger partial charge in [-0.25, -0.2) is 0 Å². The van der Waals surface area contributed by atoms with Gasteiger partial charge in [0, 0.05) is 4.47 Å². The van der Waals surface area contributed by atoms with Gasteiger partial charge in [0.05, 0.1) is 5.02 Å². The molecule has 2 rings (SSSR count). The highest BCUT2D eigenvalue weighted by atomic mass is 79.9. The van der Waals surface area contributed by atoms with Gasteiger partial charge in [-0.05, 0) is 30.7 Å². The number of nitrogen functional groups attached to an aromatic ring is 1. The maximum atomic E-state index is 6.00. The summed E-state index contributed by atoms with van der Waals surface area (Å²) in [6.07, 6.45) is 0. The molecule has 0 fully saturated rings. The first-order chi connectivity index (χ1) is 8.47. The van der Waals surface area contributed by atoms with E-state index in [0.29, 0.717) is 15.8 Å². The van der Waals surface area contributed by atoms with Crippen LogP contribution in [0.5, 0.6) is 11.6 Å². The average molecular weight is 348 g/mol. The fourth-order valence-corrected chi connectivity index (χ4v) is 2.06. The van der Waals surface area contributed by atoms with Gasteiger partial charge >= 0.3 is 0 Å². The van der Waals surface area contributed by atoms with E-state index in [-0.39, 0.29) is 11.7 Å². The number of benzene rings is 1. The van der Waals surface area contributed by atoms with E-state index < -0.39 is 0 Å². The van der Waals surface area contributed by atoms with Crippen LogP contribution in [0, 0.1) is 6.92 Å². The van der Waals surface area contributed by atoms with Crippen molar-refractivity contribution in [1.82, 2.24) is 4.98 Å². The largest absolute Gasteiger partial charge is 0.437 e. The minimum Gasteiger partial charge on any atom is -0.437 e.